The van der Waals surface area contributed by atoms with Gasteiger partial charge in [-0.05, 0) is 76.6 Å². The van der Waals surface area contributed by atoms with E-state index in [1.54, 1.807) is 12.2 Å². The van der Waals surface area contributed by atoms with Crippen molar-refractivity contribution in [2.45, 2.75) is 38.6 Å². The van der Waals surface area contributed by atoms with Gasteiger partial charge in [-0.3, -0.25) is 0 Å². The lowest BCUT2D eigenvalue weighted by molar-refractivity contribution is -0.139. The van der Waals surface area contributed by atoms with Crippen LogP contribution in [0.1, 0.15) is 47.2 Å². The number of hydrogen-bond donors (Lipinski definition) is 3. The smallest absolute Gasteiger partial charge is 0.407 e. The highest BCUT2D eigenvalue weighted by Crippen LogP contribution is 2.44. The lowest BCUT2D eigenvalue weighted by atomic mass is 9.97. The van der Waals surface area contributed by atoms with Crippen LogP contribution in [0.4, 0.5) is 4.79 Å². The van der Waals surface area contributed by atoms with Crippen LogP contribution in [-0.4, -0.2) is 41.4 Å². The number of alkyl carbamates (subject to hydrolysis) is 1. The van der Waals surface area contributed by atoms with Gasteiger partial charge in [-0.25, -0.2) is 9.59 Å². The van der Waals surface area contributed by atoms with Crippen LogP contribution < -0.4 is 10.1 Å². The number of amides is 1. The number of aromatic amines is 1. The van der Waals surface area contributed by atoms with Gasteiger partial charge < -0.3 is 24.9 Å². The predicted molar refractivity (Wildman–Crippen MR) is 169 cm³/mol. The number of aliphatic carboxylic acids is 1. The SMILES string of the molecule is C=CC=Cc1c(C)[nH]c(-c2ccc(OCCC)cc2)c1CC(NC(=O)OCC1c2ccccc2-c2ccccc21)C(=O)O. The van der Waals surface area contributed by atoms with Crippen molar-refractivity contribution in [3.63, 3.8) is 0 Å². The van der Waals surface area contributed by atoms with Crippen LogP contribution in [0.25, 0.3) is 28.5 Å². The van der Waals surface area contributed by atoms with Gasteiger partial charge in [0.2, 0.25) is 0 Å². The van der Waals surface area contributed by atoms with E-state index in [0.717, 1.165) is 62.5 Å². The van der Waals surface area contributed by atoms with Gasteiger partial charge in [0.05, 0.1) is 6.61 Å². The third-order valence-electron chi connectivity index (χ3n) is 7.70. The van der Waals surface area contributed by atoms with E-state index in [1.807, 2.05) is 73.7 Å². The van der Waals surface area contributed by atoms with Gasteiger partial charge in [0.1, 0.15) is 18.4 Å². The largest absolute Gasteiger partial charge is 0.494 e. The summed E-state index contributed by atoms with van der Waals surface area (Å²) in [5.41, 5.74) is 8.57. The number of nitrogens with one attached hydrogen (secondary N) is 2. The molecule has 220 valence electrons. The summed E-state index contributed by atoms with van der Waals surface area (Å²) in [6.45, 7) is 8.48. The number of carboxylic acids is 1. The number of ether oxygens (including phenoxy) is 2. The molecule has 0 fully saturated rings. The molecule has 3 aromatic carbocycles. The molecule has 43 heavy (non-hydrogen) atoms. The van der Waals surface area contributed by atoms with Crippen LogP contribution in [0.5, 0.6) is 5.75 Å². The maximum atomic E-state index is 13.0. The highest BCUT2D eigenvalue weighted by molar-refractivity contribution is 5.82. The van der Waals surface area contributed by atoms with E-state index in [4.69, 9.17) is 9.47 Å². The van der Waals surface area contributed by atoms with Crippen LogP contribution in [0.3, 0.4) is 0 Å². The Hall–Kier alpha value is -5.04. The molecule has 1 aliphatic carbocycles. The third-order valence-corrected chi connectivity index (χ3v) is 7.70. The Morgan fingerprint density at radius 3 is 2.28 bits per heavy atom. The summed E-state index contributed by atoms with van der Waals surface area (Å²) in [6, 6.07) is 22.6. The topological polar surface area (TPSA) is 101 Å². The molecule has 0 saturated carbocycles. The Morgan fingerprint density at radius 1 is 1.02 bits per heavy atom. The molecule has 0 saturated heterocycles. The summed E-state index contributed by atoms with van der Waals surface area (Å²) < 4.78 is 11.4. The number of rotatable bonds is 12. The molecule has 1 unspecified atom stereocenters. The Labute approximate surface area is 251 Å². The Bertz CT molecular complexity index is 1610. The van der Waals surface area contributed by atoms with Crippen molar-refractivity contribution in [2.75, 3.05) is 13.2 Å². The zero-order chi connectivity index (χ0) is 30.3. The summed E-state index contributed by atoms with van der Waals surface area (Å²) >= 11 is 0. The fourth-order valence-electron chi connectivity index (χ4n) is 5.66. The first-order valence-corrected chi connectivity index (χ1v) is 14.5. The van der Waals surface area contributed by atoms with Gasteiger partial charge in [-0.15, -0.1) is 0 Å². The second-order valence-electron chi connectivity index (χ2n) is 10.5. The lowest BCUT2D eigenvalue weighted by Gasteiger charge is -2.18. The van der Waals surface area contributed by atoms with E-state index in [1.165, 1.54) is 0 Å². The van der Waals surface area contributed by atoms with Crippen LogP contribution in [0.15, 0.2) is 91.5 Å². The molecular weight excluding hydrogens is 540 g/mol. The number of allylic oxidation sites excluding steroid dienone is 2. The van der Waals surface area contributed by atoms with Crippen LogP contribution in [0.2, 0.25) is 0 Å². The fraction of sp³-hybridized carbons (Fsp3) is 0.222. The number of aromatic nitrogens is 1. The molecular formula is C36H36N2O5. The zero-order valence-electron chi connectivity index (χ0n) is 24.4. The maximum absolute atomic E-state index is 13.0. The van der Waals surface area contributed by atoms with E-state index in [-0.39, 0.29) is 18.9 Å². The maximum Gasteiger partial charge on any atom is 0.407 e. The number of carbonyl (C=O) groups excluding carboxylic acids is 1. The summed E-state index contributed by atoms with van der Waals surface area (Å²) in [7, 11) is 0. The molecule has 0 bridgehead atoms. The average molecular weight is 577 g/mol. The van der Waals surface area contributed by atoms with Crippen LogP contribution in [-0.2, 0) is 16.0 Å². The predicted octanol–water partition coefficient (Wildman–Crippen LogP) is 7.51. The van der Waals surface area contributed by atoms with Gasteiger partial charge >= 0.3 is 12.1 Å². The number of benzene rings is 3. The second-order valence-corrected chi connectivity index (χ2v) is 10.5. The first-order chi connectivity index (χ1) is 20.9. The molecule has 1 amide bonds. The third kappa shape index (κ3) is 6.41. The molecule has 0 aliphatic heterocycles. The number of carboxylic acid groups (broad SMARTS) is 1. The van der Waals surface area contributed by atoms with Crippen LogP contribution in [0, 0.1) is 6.92 Å². The molecule has 1 heterocycles. The number of aryl methyl sites for hydroxylation is 1. The first-order valence-electron chi connectivity index (χ1n) is 14.5. The van der Waals surface area contributed by atoms with E-state index in [9.17, 15) is 14.7 Å². The van der Waals surface area contributed by atoms with E-state index < -0.39 is 18.1 Å². The molecule has 1 atom stereocenters. The van der Waals surface area contributed by atoms with Gasteiger partial charge in [0.25, 0.3) is 0 Å². The van der Waals surface area contributed by atoms with E-state index in [0.29, 0.717) is 6.61 Å². The zero-order valence-corrected chi connectivity index (χ0v) is 24.4. The minimum Gasteiger partial charge on any atom is -0.494 e. The molecule has 0 spiro atoms. The molecule has 5 rings (SSSR count). The number of carbonyl (C=O) groups is 2. The Morgan fingerprint density at radius 2 is 1.67 bits per heavy atom. The van der Waals surface area contributed by atoms with Gasteiger partial charge in [0, 0.05) is 23.7 Å². The van der Waals surface area contributed by atoms with Crippen molar-refractivity contribution in [1.82, 2.24) is 10.3 Å². The van der Waals surface area contributed by atoms with E-state index in [2.05, 4.69) is 35.9 Å². The van der Waals surface area contributed by atoms with Gasteiger partial charge in [0.15, 0.2) is 0 Å². The molecule has 3 N–H and O–H groups in total. The lowest BCUT2D eigenvalue weighted by Crippen LogP contribution is -2.43. The average Bonchev–Trinajstić information content (AvgIpc) is 3.51. The monoisotopic (exact) mass is 576 g/mol. The Balaban J connectivity index is 1.35. The minimum atomic E-state index is -1.22. The van der Waals surface area contributed by atoms with Gasteiger partial charge in [-0.2, -0.15) is 0 Å². The van der Waals surface area contributed by atoms with Crippen molar-refractivity contribution >= 4 is 18.1 Å². The Kier molecular flexibility index (Phi) is 9.11. The van der Waals surface area contributed by atoms with Crippen molar-refractivity contribution < 1.29 is 24.2 Å². The molecule has 1 aromatic heterocycles. The number of H-pyrrole nitrogens is 1. The van der Waals surface area contributed by atoms with Crippen molar-refractivity contribution in [3.8, 4) is 28.1 Å². The molecule has 4 aromatic rings. The van der Waals surface area contributed by atoms with Crippen molar-refractivity contribution in [2.24, 2.45) is 0 Å². The number of hydrogen-bond acceptors (Lipinski definition) is 4. The fourth-order valence-corrected chi connectivity index (χ4v) is 5.66. The normalized spacial score (nSPS) is 12.9. The number of fused-ring (bicyclic) bond motifs is 3. The summed E-state index contributed by atoms with van der Waals surface area (Å²) in [4.78, 5) is 28.9. The van der Waals surface area contributed by atoms with Crippen LogP contribution >= 0.6 is 0 Å². The molecule has 0 radical (unpaired) electrons. The standard InChI is InChI=1S/C36H36N2O5/c1-4-6-11-26-23(3)37-34(24-16-18-25(19-17-24)42-20-5-2)31(26)21-33(35(39)40)38-36(41)43-22-32-29-14-9-7-12-27(29)28-13-8-10-15-30(28)32/h4,6-19,32-33,37H,1,5,20-22H2,2-3H3,(H,38,41)(H,39,40). The summed E-state index contributed by atoms with van der Waals surface area (Å²) in [6.07, 6.45) is 5.55. The summed E-state index contributed by atoms with van der Waals surface area (Å²) in [5.74, 6) is -0.511. The quantitative estimate of drug-likeness (QED) is 0.152. The minimum absolute atomic E-state index is 0.0457. The van der Waals surface area contributed by atoms with Crippen molar-refractivity contribution in [1.29, 1.82) is 0 Å². The molecule has 1 aliphatic rings. The van der Waals surface area contributed by atoms with E-state index >= 15 is 0 Å². The first kappa shape index (κ1) is 29.5. The highest BCUT2D eigenvalue weighted by Gasteiger charge is 2.30. The highest BCUT2D eigenvalue weighted by atomic mass is 16.5. The summed E-state index contributed by atoms with van der Waals surface area (Å²) in [5, 5.41) is 12.7. The molecule has 7 nitrogen and oxygen atoms in total. The second kappa shape index (κ2) is 13.3. The van der Waals surface area contributed by atoms with Crippen molar-refractivity contribution in [3.05, 3.63) is 119 Å². The molecule has 7 heteroatoms. The van der Waals surface area contributed by atoms with Gasteiger partial charge in [-0.1, -0.05) is 80.3 Å².